The third kappa shape index (κ3) is 7.75. The second-order valence-electron chi connectivity index (χ2n) is 7.72. The first-order chi connectivity index (χ1) is 12.6. The van der Waals surface area contributed by atoms with E-state index < -0.39 is 0 Å². The maximum Gasteiger partial charge on any atom is 0.191 e. The minimum atomic E-state index is 0.608. The topological polar surface area (TPSA) is 42.9 Å². The van der Waals surface area contributed by atoms with Crippen molar-refractivity contribution in [3.05, 3.63) is 35.4 Å². The zero-order valence-electron chi connectivity index (χ0n) is 17.1. The van der Waals surface area contributed by atoms with E-state index in [0.29, 0.717) is 12.5 Å². The smallest absolute Gasteiger partial charge is 0.191 e. The van der Waals surface area contributed by atoms with Crippen LogP contribution in [0.1, 0.15) is 38.3 Å². The minimum Gasteiger partial charge on any atom is -0.357 e. The first kappa shape index (κ1) is 20.7. The Morgan fingerprint density at radius 3 is 2.46 bits per heavy atom. The van der Waals surface area contributed by atoms with Crippen molar-refractivity contribution < 1.29 is 0 Å². The van der Waals surface area contributed by atoms with E-state index in [0.717, 1.165) is 32.1 Å². The minimum absolute atomic E-state index is 0.608. The Morgan fingerprint density at radius 1 is 1.04 bits per heavy atom. The van der Waals surface area contributed by atoms with E-state index in [1.165, 1.54) is 37.2 Å². The highest BCUT2D eigenvalue weighted by Crippen LogP contribution is 2.11. The van der Waals surface area contributed by atoms with Crippen molar-refractivity contribution in [1.82, 2.24) is 20.4 Å². The van der Waals surface area contributed by atoms with Crippen LogP contribution >= 0.6 is 0 Å². The summed E-state index contributed by atoms with van der Waals surface area (Å²) in [5.41, 5.74) is 2.65. The summed E-state index contributed by atoms with van der Waals surface area (Å²) < 4.78 is 0. The van der Waals surface area contributed by atoms with Crippen LogP contribution in [0.5, 0.6) is 0 Å². The molecule has 0 bridgehead atoms. The number of nitrogens with zero attached hydrogens (tertiary/aromatic N) is 3. The Labute approximate surface area is 159 Å². The van der Waals surface area contributed by atoms with E-state index in [1.54, 1.807) is 0 Å². The summed E-state index contributed by atoms with van der Waals surface area (Å²) in [6.07, 6.45) is 1.26. The summed E-state index contributed by atoms with van der Waals surface area (Å²) in [5.74, 6) is 1.51. The molecule has 2 rings (SSSR count). The van der Waals surface area contributed by atoms with Gasteiger partial charge in [0.25, 0.3) is 0 Å². The molecule has 0 aromatic heterocycles. The molecule has 1 aromatic carbocycles. The Hall–Kier alpha value is -1.59. The van der Waals surface area contributed by atoms with Crippen LogP contribution in [0.15, 0.2) is 29.3 Å². The molecule has 1 saturated heterocycles. The van der Waals surface area contributed by atoms with E-state index in [1.807, 2.05) is 0 Å². The predicted molar refractivity (Wildman–Crippen MR) is 111 cm³/mol. The van der Waals surface area contributed by atoms with Crippen molar-refractivity contribution in [2.24, 2.45) is 10.9 Å². The maximum atomic E-state index is 4.70. The molecule has 0 spiro atoms. The molecular weight excluding hydrogens is 322 g/mol. The van der Waals surface area contributed by atoms with Gasteiger partial charge in [0.1, 0.15) is 0 Å². The van der Waals surface area contributed by atoms with Crippen molar-refractivity contribution in [2.75, 3.05) is 46.3 Å². The van der Waals surface area contributed by atoms with Crippen LogP contribution in [-0.4, -0.2) is 62.1 Å². The van der Waals surface area contributed by atoms with Gasteiger partial charge >= 0.3 is 0 Å². The zero-order chi connectivity index (χ0) is 18.8. The quantitative estimate of drug-likeness (QED) is 0.580. The summed E-state index contributed by atoms with van der Waals surface area (Å²) in [6, 6.07) is 8.95. The van der Waals surface area contributed by atoms with Crippen molar-refractivity contribution >= 4 is 5.96 Å². The Bertz CT molecular complexity index is 538. The van der Waals surface area contributed by atoms with Gasteiger partial charge in [-0.25, -0.2) is 4.99 Å². The second kappa shape index (κ2) is 11.2. The lowest BCUT2D eigenvalue weighted by atomic mass is 10.1. The van der Waals surface area contributed by atoms with Crippen molar-refractivity contribution in [1.29, 1.82) is 0 Å². The predicted octanol–water partition coefficient (Wildman–Crippen LogP) is 2.54. The summed E-state index contributed by atoms with van der Waals surface area (Å²) >= 11 is 0. The largest absolute Gasteiger partial charge is 0.357 e. The lowest BCUT2D eigenvalue weighted by Crippen LogP contribution is -2.39. The van der Waals surface area contributed by atoms with E-state index in [-0.39, 0.29) is 0 Å². The number of nitrogens with one attached hydrogen (secondary N) is 2. The van der Waals surface area contributed by atoms with Gasteiger partial charge in [0.15, 0.2) is 5.96 Å². The zero-order valence-corrected chi connectivity index (χ0v) is 17.1. The van der Waals surface area contributed by atoms with Gasteiger partial charge < -0.3 is 15.5 Å². The molecule has 1 aliphatic rings. The molecule has 2 N–H and O–H groups in total. The van der Waals surface area contributed by atoms with Gasteiger partial charge in [0.2, 0.25) is 0 Å². The highest BCUT2D eigenvalue weighted by molar-refractivity contribution is 5.79. The molecule has 5 nitrogen and oxygen atoms in total. The number of guanidine groups is 1. The van der Waals surface area contributed by atoms with Crippen LogP contribution in [0, 0.1) is 5.92 Å². The number of hydrogen-bond donors (Lipinski definition) is 2. The number of rotatable bonds is 7. The van der Waals surface area contributed by atoms with Gasteiger partial charge in [0.05, 0.1) is 6.54 Å². The molecule has 1 fully saturated rings. The molecule has 1 heterocycles. The Kier molecular flexibility index (Phi) is 8.92. The standard InChI is InChI=1S/C21H37N5/c1-5-22-21(23-15-18(2)3)24-16-19-7-9-20(10-8-19)17-26-12-6-11-25(4)13-14-26/h7-10,18H,5-6,11-17H2,1-4H3,(H2,22,23,24). The number of hydrogen-bond acceptors (Lipinski definition) is 3. The summed E-state index contributed by atoms with van der Waals surface area (Å²) in [6.45, 7) is 14.8. The van der Waals surface area contributed by atoms with Crippen LogP contribution in [0.4, 0.5) is 0 Å². The lowest BCUT2D eigenvalue weighted by Gasteiger charge is -2.20. The van der Waals surface area contributed by atoms with Crippen molar-refractivity contribution in [3.8, 4) is 0 Å². The van der Waals surface area contributed by atoms with E-state index >= 15 is 0 Å². The molecule has 0 amide bonds. The Morgan fingerprint density at radius 2 is 1.77 bits per heavy atom. The van der Waals surface area contributed by atoms with E-state index in [2.05, 4.69) is 72.5 Å². The molecular formula is C21H37N5. The van der Waals surface area contributed by atoms with Crippen LogP contribution < -0.4 is 10.6 Å². The highest BCUT2D eigenvalue weighted by Gasteiger charge is 2.12. The molecule has 0 saturated carbocycles. The van der Waals surface area contributed by atoms with Gasteiger partial charge in [-0.2, -0.15) is 0 Å². The maximum absolute atomic E-state index is 4.70. The van der Waals surface area contributed by atoms with Gasteiger partial charge in [-0.15, -0.1) is 0 Å². The number of benzene rings is 1. The van der Waals surface area contributed by atoms with E-state index in [9.17, 15) is 0 Å². The SMILES string of the molecule is CCNC(=NCc1ccc(CN2CCCN(C)CC2)cc1)NCC(C)C. The average Bonchev–Trinajstić information content (AvgIpc) is 2.83. The molecule has 5 heteroatoms. The van der Waals surface area contributed by atoms with Crippen molar-refractivity contribution in [2.45, 2.75) is 40.3 Å². The van der Waals surface area contributed by atoms with Crippen LogP contribution in [-0.2, 0) is 13.1 Å². The molecule has 26 heavy (non-hydrogen) atoms. The fourth-order valence-electron chi connectivity index (χ4n) is 3.08. The number of likely N-dealkylation sites (N-methyl/N-ethyl adjacent to an activating group) is 1. The van der Waals surface area contributed by atoms with Crippen LogP contribution in [0.3, 0.4) is 0 Å². The van der Waals surface area contributed by atoms with Crippen LogP contribution in [0.2, 0.25) is 0 Å². The first-order valence-electron chi connectivity index (χ1n) is 10.1. The third-order valence-electron chi connectivity index (χ3n) is 4.68. The van der Waals surface area contributed by atoms with Gasteiger partial charge in [0, 0.05) is 32.7 Å². The average molecular weight is 360 g/mol. The third-order valence-corrected chi connectivity index (χ3v) is 4.68. The molecule has 0 aliphatic carbocycles. The fraction of sp³-hybridized carbons (Fsp3) is 0.667. The fourth-order valence-corrected chi connectivity index (χ4v) is 3.08. The summed E-state index contributed by atoms with van der Waals surface area (Å²) in [5, 5.41) is 6.71. The molecule has 0 unspecified atom stereocenters. The lowest BCUT2D eigenvalue weighted by molar-refractivity contribution is 0.269. The molecule has 1 aromatic rings. The number of aliphatic imine (C=N–C) groups is 1. The van der Waals surface area contributed by atoms with Gasteiger partial charge in [-0.1, -0.05) is 38.1 Å². The molecule has 146 valence electrons. The van der Waals surface area contributed by atoms with Gasteiger partial charge in [-0.05, 0) is 50.5 Å². The van der Waals surface area contributed by atoms with Crippen molar-refractivity contribution in [3.63, 3.8) is 0 Å². The second-order valence-corrected chi connectivity index (χ2v) is 7.72. The Balaban J connectivity index is 1.86. The monoisotopic (exact) mass is 359 g/mol. The molecule has 1 aliphatic heterocycles. The normalized spacial score (nSPS) is 17.3. The van der Waals surface area contributed by atoms with E-state index in [4.69, 9.17) is 4.99 Å². The summed E-state index contributed by atoms with van der Waals surface area (Å²) in [4.78, 5) is 9.69. The molecule has 0 radical (unpaired) electrons. The molecule has 0 atom stereocenters. The van der Waals surface area contributed by atoms with Gasteiger partial charge in [-0.3, -0.25) is 4.90 Å². The first-order valence-corrected chi connectivity index (χ1v) is 10.1. The van der Waals surface area contributed by atoms with Crippen LogP contribution in [0.25, 0.3) is 0 Å². The summed E-state index contributed by atoms with van der Waals surface area (Å²) in [7, 11) is 2.22. The highest BCUT2D eigenvalue weighted by atomic mass is 15.2.